The summed E-state index contributed by atoms with van der Waals surface area (Å²) in [6.45, 7) is 6.30. The first kappa shape index (κ1) is 102. The van der Waals surface area contributed by atoms with Crippen LogP contribution in [0.2, 0.25) is 0 Å². The van der Waals surface area contributed by atoms with E-state index in [9.17, 15) is 58.5 Å². The highest BCUT2D eigenvalue weighted by atomic mass is 32.2. The van der Waals surface area contributed by atoms with Crippen molar-refractivity contribution in [2.24, 2.45) is 23.3 Å². The number of nitrogens with zero attached hydrogens (tertiary/aromatic N) is 5. The highest BCUT2D eigenvalue weighted by Crippen LogP contribution is 2.23. The molecule has 128 heavy (non-hydrogen) atoms. The van der Waals surface area contributed by atoms with Crippen molar-refractivity contribution in [1.82, 2.24) is 72.4 Å². The Labute approximate surface area is 749 Å². The van der Waals surface area contributed by atoms with Gasteiger partial charge in [-0.05, 0) is 87.9 Å². The van der Waals surface area contributed by atoms with Crippen molar-refractivity contribution < 1.29 is 92.0 Å². The van der Waals surface area contributed by atoms with E-state index in [0.29, 0.717) is 51.8 Å². The summed E-state index contributed by atoms with van der Waals surface area (Å²) < 4.78 is 0. The Morgan fingerprint density at radius 2 is 0.836 bits per heavy atom. The molecule has 6 aromatic rings. The van der Waals surface area contributed by atoms with Crippen molar-refractivity contribution in [2.45, 2.75) is 178 Å². The maximum Gasteiger partial charge on any atom is 0.305 e. The number of amides is 15. The van der Waals surface area contributed by atoms with Gasteiger partial charge in [-0.1, -0.05) is 187 Å². The Bertz CT molecular complexity index is 4810. The third-order valence-electron chi connectivity index (χ3n) is 21.7. The number of carboxylic acids is 1. The monoisotopic (exact) mass is 1780 g/mol. The number of aliphatic carboxylic acids is 1. The van der Waals surface area contributed by atoms with Gasteiger partial charge in [-0.25, -0.2) is 0 Å². The number of carbonyl (C=O) groups is 16. The number of thioether (sulfide) groups is 1. The second-order valence-electron chi connectivity index (χ2n) is 32.7. The highest BCUT2D eigenvalue weighted by molar-refractivity contribution is 8.00. The molecule has 688 valence electrons. The van der Waals surface area contributed by atoms with Gasteiger partial charge in [-0.3, -0.25) is 76.7 Å². The fourth-order valence-electron chi connectivity index (χ4n) is 14.5. The number of carboxylic acid groups (broad SMARTS) is 1. The van der Waals surface area contributed by atoms with Crippen LogP contribution in [0.3, 0.4) is 0 Å². The molecule has 11 atom stereocenters. The van der Waals surface area contributed by atoms with E-state index in [-0.39, 0.29) is 81.1 Å². The van der Waals surface area contributed by atoms with Gasteiger partial charge in [-0.2, -0.15) is 0 Å². The summed E-state index contributed by atoms with van der Waals surface area (Å²) >= 11 is 0.826. The lowest BCUT2D eigenvalue weighted by atomic mass is 9.98. The number of unbranched alkanes of at least 4 members (excludes halogenated alkanes) is 1. The van der Waals surface area contributed by atoms with Crippen LogP contribution in [-0.4, -0.2) is 267 Å². The molecule has 35 nitrogen and oxygen atoms in total. The number of primary amides is 1. The minimum absolute atomic E-state index is 0.0292. The SMILES string of the molecule is CCCC[C@H]1C(=O)N(C)CC(=O)N[C@@H](CC(=O)O)C(=O)N[C@@H](C(C)C)C(=O)N(C)[C@@H](Cc2ccccc2)C(=O)N[C@@H](Cc2ccc(O)cc2)C(=O)N(C)CC(=O)N[C@@H](Cc2ccc(CN)cc2)C(=O)N[C@@H](Cc2ccc(O)cc2)C(=O)N[C@@H](CC(C)C)C(=O)N[C@H](C(=O)NCC(N)=O)CSCC(=O)N[C@@H](Cc2ccccc2)C(=O)N(C)C(Cc2ccccc2)C(=O)N1C. The topological polar surface area (TPSA) is 510 Å². The van der Waals surface area contributed by atoms with E-state index in [2.05, 4.69) is 47.9 Å². The number of benzene rings is 6. The molecule has 0 saturated carbocycles. The summed E-state index contributed by atoms with van der Waals surface area (Å²) in [7, 11) is 6.52. The Hall–Kier alpha value is -13.3. The summed E-state index contributed by atoms with van der Waals surface area (Å²) in [6, 6.07) is 26.8. The van der Waals surface area contributed by atoms with Gasteiger partial charge in [-0.15, -0.1) is 11.8 Å². The number of nitrogens with one attached hydrogen (secondary N) is 9. The molecular weight excluding hydrogens is 1670 g/mol. The molecule has 0 spiro atoms. The molecule has 7 rings (SSSR count). The molecule has 0 bridgehead atoms. The van der Waals surface area contributed by atoms with Crippen LogP contribution < -0.4 is 59.3 Å². The summed E-state index contributed by atoms with van der Waals surface area (Å²) in [5.74, 6) is -17.5. The normalized spacial score (nSPS) is 21.9. The fourth-order valence-corrected chi connectivity index (χ4v) is 15.3. The maximum absolute atomic E-state index is 15.5. The Morgan fingerprint density at radius 1 is 0.438 bits per heavy atom. The lowest BCUT2D eigenvalue weighted by molar-refractivity contribution is -0.151. The van der Waals surface area contributed by atoms with Crippen molar-refractivity contribution >= 4 is 106 Å². The number of hydrogen-bond donors (Lipinski definition) is 14. The highest BCUT2D eigenvalue weighted by Gasteiger charge is 2.42. The molecule has 0 aromatic heterocycles. The predicted octanol–water partition coefficient (Wildman–Crippen LogP) is 1.30. The zero-order chi connectivity index (χ0) is 94.0. The van der Waals surface area contributed by atoms with Crippen LogP contribution in [0.1, 0.15) is 106 Å². The second-order valence-corrected chi connectivity index (χ2v) is 33.8. The smallest absolute Gasteiger partial charge is 0.305 e. The largest absolute Gasteiger partial charge is 0.508 e. The standard InChI is InChI=1S/C92H120N16O19S/c1-11-12-28-73-90(125)105(7)52-78(113)97-69(48-80(115)116)86(121)103-81(56(4)5)92(127)107(9)74(46-58-24-18-14-19-25-58)87(122)101-70(45-62-35-39-65(110)40-36-62)88(123)104(6)51-77(112)96-67(42-60-29-31-63(49-93)32-30-60)84(119)100-68(43-61-33-37-64(109)38-34-61)85(120)99-66(41-55(2)3)83(118)102-72(82(117)95-50-76(94)111)53-128-54-79(114)98-71(44-57-22-16-13-17-23-57)89(124)108(10)75(91(126)106(73)8)47-59-26-20-15-21-27-59/h13-27,29-40,55-56,66-75,81,109-110H,11-12,28,41-54,93H2,1-10H3,(H2,94,111)(H,95,117)(H,96,112)(H,97,113)(H,98,114)(H,99,120)(H,100,119)(H,101,122)(H,102,118)(H,103,121)(H,115,116)/t66-,67-,68-,69-,70-,71-,72-,73-,74-,75?,81-/m0/s1. The van der Waals surface area contributed by atoms with Gasteiger partial charge in [0.1, 0.15) is 78.0 Å². The van der Waals surface area contributed by atoms with Crippen LogP contribution >= 0.6 is 11.8 Å². The maximum atomic E-state index is 15.5. The van der Waals surface area contributed by atoms with Crippen LogP contribution in [0.25, 0.3) is 0 Å². The number of phenols is 2. The Morgan fingerprint density at radius 3 is 1.32 bits per heavy atom. The van der Waals surface area contributed by atoms with Crippen LogP contribution in [0.4, 0.5) is 0 Å². The first-order chi connectivity index (χ1) is 60.8. The van der Waals surface area contributed by atoms with Gasteiger partial charge in [0, 0.05) is 86.1 Å². The molecule has 0 radical (unpaired) electrons. The zero-order valence-electron chi connectivity index (χ0n) is 73.8. The van der Waals surface area contributed by atoms with Gasteiger partial charge in [0.05, 0.1) is 31.8 Å². The summed E-state index contributed by atoms with van der Waals surface area (Å²) in [5.41, 5.74) is 15.1. The summed E-state index contributed by atoms with van der Waals surface area (Å²) in [4.78, 5) is 240. The zero-order valence-corrected chi connectivity index (χ0v) is 74.6. The molecule has 0 aliphatic carbocycles. The third kappa shape index (κ3) is 32.0. The molecule has 1 aliphatic rings. The predicted molar refractivity (Wildman–Crippen MR) is 478 cm³/mol. The molecule has 1 aliphatic heterocycles. The quantitative estimate of drug-likeness (QED) is 0.0406. The lowest BCUT2D eigenvalue weighted by Gasteiger charge is -2.37. The van der Waals surface area contributed by atoms with Gasteiger partial charge < -0.3 is 99.1 Å². The minimum Gasteiger partial charge on any atom is -0.508 e. The van der Waals surface area contributed by atoms with E-state index in [1.54, 1.807) is 143 Å². The van der Waals surface area contributed by atoms with Crippen LogP contribution in [0.5, 0.6) is 11.5 Å². The van der Waals surface area contributed by atoms with Crippen LogP contribution in [0.15, 0.2) is 164 Å². The number of nitrogens with two attached hydrogens (primary N) is 2. The molecule has 1 unspecified atom stereocenters. The number of likely N-dealkylation sites (N-methyl/N-ethyl adjacent to an activating group) is 5. The van der Waals surface area contributed by atoms with Crippen molar-refractivity contribution in [3.8, 4) is 11.5 Å². The molecular formula is C92H120N16O19S. The number of carbonyl (C=O) groups excluding carboxylic acids is 15. The third-order valence-corrected chi connectivity index (χ3v) is 22.7. The van der Waals surface area contributed by atoms with Gasteiger partial charge >= 0.3 is 5.97 Å². The van der Waals surface area contributed by atoms with Gasteiger partial charge in [0.25, 0.3) is 0 Å². The number of aromatic hydroxyl groups is 2. The van der Waals surface area contributed by atoms with Crippen molar-refractivity contribution in [3.05, 3.63) is 203 Å². The van der Waals surface area contributed by atoms with E-state index in [1.807, 2.05) is 6.92 Å². The fraction of sp³-hybridized carbons (Fsp3) is 0.435. The molecule has 36 heteroatoms. The molecule has 6 aromatic carbocycles. The number of phenolic OH excluding ortho intramolecular Hbond substituents is 2. The van der Waals surface area contributed by atoms with E-state index in [0.717, 1.165) is 26.5 Å². The van der Waals surface area contributed by atoms with Crippen LogP contribution in [-0.2, 0) is 122 Å². The molecule has 1 heterocycles. The molecule has 1 fully saturated rings. The first-order valence-corrected chi connectivity index (χ1v) is 43.5. The van der Waals surface area contributed by atoms with E-state index in [4.69, 9.17) is 11.5 Å². The van der Waals surface area contributed by atoms with Crippen molar-refractivity contribution in [1.29, 1.82) is 0 Å². The van der Waals surface area contributed by atoms with E-state index in [1.165, 1.54) is 93.6 Å². The van der Waals surface area contributed by atoms with Crippen molar-refractivity contribution in [3.63, 3.8) is 0 Å². The number of rotatable bonds is 24. The summed E-state index contributed by atoms with van der Waals surface area (Å²) in [6.07, 6.45) is -1.54. The van der Waals surface area contributed by atoms with E-state index < -0.39 is 199 Å². The average Bonchev–Trinajstić information content (AvgIpc) is 0.818. The second kappa shape index (κ2) is 50.2. The summed E-state index contributed by atoms with van der Waals surface area (Å²) in [5, 5.41) is 54.8. The van der Waals surface area contributed by atoms with Gasteiger partial charge in [0.15, 0.2) is 0 Å². The van der Waals surface area contributed by atoms with Gasteiger partial charge in [0.2, 0.25) is 88.6 Å². The molecule has 15 amide bonds. The molecule has 1 saturated heterocycles. The van der Waals surface area contributed by atoms with Crippen LogP contribution in [0, 0.1) is 11.8 Å². The van der Waals surface area contributed by atoms with E-state index >= 15 is 33.6 Å². The van der Waals surface area contributed by atoms with Crippen molar-refractivity contribution in [2.75, 3.05) is 66.4 Å². The Balaban J connectivity index is 1.33. The minimum atomic E-state index is -1.91. The Kier molecular flexibility index (Phi) is 39.9. The first-order valence-electron chi connectivity index (χ1n) is 42.3. The average molecular weight is 1790 g/mol. The lowest BCUT2D eigenvalue weighted by Crippen LogP contribution is -2.61. The number of hydrogen-bond acceptors (Lipinski definition) is 20. The molecule has 16 N–H and O–H groups in total.